The number of carbonyl (C=O) groups excluding carboxylic acids is 2. The zero-order valence-corrected chi connectivity index (χ0v) is 14.3. The van der Waals surface area contributed by atoms with E-state index in [4.69, 9.17) is 25.8 Å². The largest absolute Gasteiger partial charge is 0.442 e. The third-order valence-corrected chi connectivity index (χ3v) is 5.14. The summed E-state index contributed by atoms with van der Waals surface area (Å²) in [5, 5.41) is 2.09. The van der Waals surface area contributed by atoms with Gasteiger partial charge >= 0.3 is 6.09 Å². The maximum Gasteiger partial charge on any atom is 0.414 e. The van der Waals surface area contributed by atoms with Crippen molar-refractivity contribution in [3.05, 3.63) is 47.5 Å². The van der Waals surface area contributed by atoms with Gasteiger partial charge in [0, 0.05) is 5.57 Å². The topological polar surface area (TPSA) is 80.5 Å². The molecule has 1 aromatic rings. The molecule has 1 N–H and O–H groups in total. The van der Waals surface area contributed by atoms with Crippen LogP contribution in [0.25, 0.3) is 0 Å². The summed E-state index contributed by atoms with van der Waals surface area (Å²) in [5.74, 6) is -0.872. The lowest BCUT2D eigenvalue weighted by atomic mass is 9.77. The highest BCUT2D eigenvalue weighted by Gasteiger charge is 2.63. The molecule has 2 aliphatic heterocycles. The smallest absolute Gasteiger partial charge is 0.414 e. The normalized spacial score (nSPS) is 32.7. The van der Waals surface area contributed by atoms with Gasteiger partial charge in [-0.1, -0.05) is 30.3 Å². The van der Waals surface area contributed by atoms with Gasteiger partial charge in [-0.15, -0.1) is 11.6 Å². The van der Waals surface area contributed by atoms with Crippen molar-refractivity contribution in [1.29, 1.82) is 0 Å². The summed E-state index contributed by atoms with van der Waals surface area (Å²) in [6, 6.07) is 9.96. The van der Waals surface area contributed by atoms with Crippen molar-refractivity contribution in [2.75, 3.05) is 19.1 Å². The highest BCUT2D eigenvalue weighted by molar-refractivity contribution is 6.28. The molecule has 1 aliphatic carbocycles. The van der Waals surface area contributed by atoms with E-state index in [2.05, 4.69) is 5.32 Å². The van der Waals surface area contributed by atoms with Crippen LogP contribution in [0, 0.1) is 0 Å². The lowest BCUT2D eigenvalue weighted by Crippen LogP contribution is -2.38. The summed E-state index contributed by atoms with van der Waals surface area (Å²) >= 11 is 5.38. The van der Waals surface area contributed by atoms with Crippen molar-refractivity contribution >= 4 is 23.6 Å². The SMILES string of the molecule is O=C(CCl)NC(=O)OC1C=C(C2(c3ccccc3)CO2)C2(CC1)CO2. The molecule has 3 atom stereocenters. The molecular weight excluding hydrogens is 346 g/mol. The Morgan fingerprint density at radius 2 is 1.96 bits per heavy atom. The van der Waals surface area contributed by atoms with Crippen LogP contribution in [-0.4, -0.2) is 42.8 Å². The van der Waals surface area contributed by atoms with Crippen LogP contribution in [0.3, 0.4) is 0 Å². The third kappa shape index (κ3) is 3.05. The molecule has 0 bridgehead atoms. The minimum Gasteiger partial charge on any atom is -0.442 e. The first-order valence-electron chi connectivity index (χ1n) is 8.21. The molecule has 1 aromatic carbocycles. The van der Waals surface area contributed by atoms with Crippen LogP contribution < -0.4 is 5.32 Å². The fraction of sp³-hybridized carbons (Fsp3) is 0.444. The van der Waals surface area contributed by atoms with Crippen LogP contribution in [0.1, 0.15) is 18.4 Å². The number of amides is 2. The van der Waals surface area contributed by atoms with Crippen LogP contribution in [0.4, 0.5) is 4.79 Å². The van der Waals surface area contributed by atoms with E-state index in [1.807, 2.05) is 36.4 Å². The van der Waals surface area contributed by atoms with E-state index in [9.17, 15) is 9.59 Å². The fourth-order valence-electron chi connectivity index (χ4n) is 3.49. The second-order valence-corrected chi connectivity index (χ2v) is 6.78. The highest BCUT2D eigenvalue weighted by Crippen LogP contribution is 2.57. The number of alkyl halides is 1. The minimum atomic E-state index is -0.788. The van der Waals surface area contributed by atoms with Gasteiger partial charge in [0.05, 0.1) is 13.2 Å². The maximum atomic E-state index is 11.8. The number of carbonyl (C=O) groups is 2. The second-order valence-electron chi connectivity index (χ2n) is 6.51. The number of alkyl carbamates (subject to hydrolysis) is 1. The summed E-state index contributed by atoms with van der Waals surface area (Å²) in [5.41, 5.74) is 1.27. The van der Waals surface area contributed by atoms with E-state index in [-0.39, 0.29) is 11.5 Å². The van der Waals surface area contributed by atoms with Crippen LogP contribution in [0.5, 0.6) is 0 Å². The van der Waals surface area contributed by atoms with Gasteiger partial charge in [-0.25, -0.2) is 4.79 Å². The van der Waals surface area contributed by atoms with Crippen molar-refractivity contribution in [3.8, 4) is 0 Å². The average Bonchev–Trinajstić information content (AvgIpc) is 3.54. The Morgan fingerprint density at radius 3 is 2.56 bits per heavy atom. The molecule has 0 aromatic heterocycles. The first kappa shape index (κ1) is 16.6. The van der Waals surface area contributed by atoms with Crippen molar-refractivity contribution < 1.29 is 23.8 Å². The first-order chi connectivity index (χ1) is 12.1. The lowest BCUT2D eigenvalue weighted by Gasteiger charge is -2.30. The quantitative estimate of drug-likeness (QED) is 0.504. The van der Waals surface area contributed by atoms with E-state index < -0.39 is 23.7 Å². The molecule has 2 heterocycles. The molecule has 132 valence electrons. The van der Waals surface area contributed by atoms with Crippen molar-refractivity contribution in [3.63, 3.8) is 0 Å². The number of benzene rings is 1. The zero-order chi connectivity index (χ0) is 17.5. The number of hydrogen-bond acceptors (Lipinski definition) is 5. The summed E-state index contributed by atoms with van der Waals surface area (Å²) in [7, 11) is 0. The Hall–Kier alpha value is -1.89. The summed E-state index contributed by atoms with van der Waals surface area (Å²) in [6.45, 7) is 1.23. The van der Waals surface area contributed by atoms with E-state index in [0.29, 0.717) is 19.6 Å². The Bertz CT molecular complexity index is 724. The van der Waals surface area contributed by atoms with Crippen LogP contribution in [0.15, 0.2) is 42.0 Å². The molecule has 2 amide bonds. The fourth-order valence-corrected chi connectivity index (χ4v) is 3.55. The monoisotopic (exact) mass is 363 g/mol. The van der Waals surface area contributed by atoms with Gasteiger partial charge < -0.3 is 14.2 Å². The van der Waals surface area contributed by atoms with Crippen LogP contribution >= 0.6 is 11.6 Å². The lowest BCUT2D eigenvalue weighted by molar-refractivity contribution is -0.118. The van der Waals surface area contributed by atoms with E-state index in [1.54, 1.807) is 0 Å². The molecule has 1 spiro atoms. The highest BCUT2D eigenvalue weighted by atomic mass is 35.5. The van der Waals surface area contributed by atoms with Gasteiger partial charge in [0.2, 0.25) is 5.91 Å². The molecule has 3 unspecified atom stereocenters. The minimum absolute atomic E-state index is 0.289. The summed E-state index contributed by atoms with van der Waals surface area (Å²) in [6.07, 6.45) is 2.08. The Labute approximate surface area is 150 Å². The zero-order valence-electron chi connectivity index (χ0n) is 13.5. The van der Waals surface area contributed by atoms with Gasteiger partial charge in [0.1, 0.15) is 23.2 Å². The number of epoxide rings is 2. The van der Waals surface area contributed by atoms with Gasteiger partial charge in [-0.3, -0.25) is 10.1 Å². The number of nitrogens with one attached hydrogen (secondary N) is 1. The number of imide groups is 1. The molecular formula is C18H18ClNO5. The standard InChI is InChI=1S/C18H18ClNO5/c19-9-15(21)20-16(22)25-13-6-7-17(10-23-17)14(8-13)18(11-24-18)12-4-2-1-3-5-12/h1-5,8,13H,6-7,9-11H2,(H,20,21,22). The van der Waals surface area contributed by atoms with Crippen molar-refractivity contribution in [1.82, 2.24) is 5.32 Å². The third-order valence-electron chi connectivity index (χ3n) is 4.90. The summed E-state index contributed by atoms with van der Waals surface area (Å²) in [4.78, 5) is 23.0. The predicted octanol–water partition coefficient (Wildman–Crippen LogP) is 2.26. The summed E-state index contributed by atoms with van der Waals surface area (Å²) < 4.78 is 17.0. The maximum absolute atomic E-state index is 11.8. The molecule has 2 fully saturated rings. The van der Waals surface area contributed by atoms with E-state index in [1.165, 1.54) is 0 Å². The van der Waals surface area contributed by atoms with E-state index in [0.717, 1.165) is 17.6 Å². The molecule has 6 nitrogen and oxygen atoms in total. The number of ether oxygens (including phenoxy) is 3. The molecule has 2 saturated heterocycles. The first-order valence-corrected chi connectivity index (χ1v) is 8.74. The number of rotatable bonds is 4. The van der Waals surface area contributed by atoms with Gasteiger partial charge in [-0.2, -0.15) is 0 Å². The molecule has 3 aliphatic rings. The van der Waals surface area contributed by atoms with E-state index >= 15 is 0 Å². The predicted molar refractivity (Wildman–Crippen MR) is 89.2 cm³/mol. The van der Waals surface area contributed by atoms with Crippen molar-refractivity contribution in [2.24, 2.45) is 0 Å². The van der Waals surface area contributed by atoms with Gasteiger partial charge in [0.25, 0.3) is 0 Å². The Morgan fingerprint density at radius 1 is 1.24 bits per heavy atom. The van der Waals surface area contributed by atoms with Crippen LogP contribution in [-0.2, 0) is 24.6 Å². The molecule has 25 heavy (non-hydrogen) atoms. The second kappa shape index (κ2) is 6.12. The van der Waals surface area contributed by atoms with Gasteiger partial charge in [0.15, 0.2) is 0 Å². The number of hydrogen-bond donors (Lipinski definition) is 1. The molecule has 0 saturated carbocycles. The van der Waals surface area contributed by atoms with Crippen molar-refractivity contribution in [2.45, 2.75) is 30.1 Å². The van der Waals surface area contributed by atoms with Crippen LogP contribution in [0.2, 0.25) is 0 Å². The Kier molecular flexibility index (Phi) is 4.06. The number of halogens is 1. The molecule has 4 rings (SSSR count). The van der Waals surface area contributed by atoms with Gasteiger partial charge in [-0.05, 0) is 24.5 Å². The average molecular weight is 364 g/mol. The molecule has 7 heteroatoms. The Balaban J connectivity index is 1.56. The molecule has 0 radical (unpaired) electrons.